The van der Waals surface area contributed by atoms with Gasteiger partial charge in [-0.05, 0) is 43.4 Å². The fourth-order valence-corrected chi connectivity index (χ4v) is 3.71. The van der Waals surface area contributed by atoms with Crippen molar-refractivity contribution in [2.45, 2.75) is 51.5 Å². The third kappa shape index (κ3) is 2.67. The quantitative estimate of drug-likeness (QED) is 0.913. The van der Waals surface area contributed by atoms with Gasteiger partial charge in [-0.25, -0.2) is 9.78 Å². The maximum absolute atomic E-state index is 11.1. The number of nitrogens with zero attached hydrogens (tertiary/aromatic N) is 2. The molecule has 21 heavy (non-hydrogen) atoms. The van der Waals surface area contributed by atoms with E-state index >= 15 is 0 Å². The number of carboxylic acid groups (broad SMARTS) is 1. The first-order valence-electron chi connectivity index (χ1n) is 7.90. The molecular formula is C17H22N2O2. The van der Waals surface area contributed by atoms with E-state index in [1.807, 2.05) is 12.4 Å². The Labute approximate surface area is 124 Å². The highest BCUT2D eigenvalue weighted by Gasteiger charge is 2.24. The van der Waals surface area contributed by atoms with Crippen LogP contribution in [-0.2, 0) is 0 Å². The fourth-order valence-electron chi connectivity index (χ4n) is 3.71. The summed E-state index contributed by atoms with van der Waals surface area (Å²) in [6.45, 7) is 2.23. The van der Waals surface area contributed by atoms with Crippen molar-refractivity contribution < 1.29 is 9.90 Å². The van der Waals surface area contributed by atoms with Crippen molar-refractivity contribution in [2.24, 2.45) is 5.92 Å². The molecule has 0 radical (unpaired) electrons. The van der Waals surface area contributed by atoms with Crippen molar-refractivity contribution in [1.82, 2.24) is 9.55 Å². The van der Waals surface area contributed by atoms with Gasteiger partial charge in [0.2, 0.25) is 0 Å². The molecule has 2 aromatic rings. The van der Waals surface area contributed by atoms with E-state index in [0.29, 0.717) is 11.6 Å². The second-order valence-corrected chi connectivity index (χ2v) is 6.03. The van der Waals surface area contributed by atoms with Gasteiger partial charge in [0.05, 0.1) is 22.9 Å². The number of imidazole rings is 1. The van der Waals surface area contributed by atoms with Crippen LogP contribution < -0.4 is 0 Å². The normalized spacial score (nSPS) is 18.0. The van der Waals surface area contributed by atoms with Crippen LogP contribution in [0.15, 0.2) is 24.5 Å². The molecular weight excluding hydrogens is 264 g/mol. The van der Waals surface area contributed by atoms with Gasteiger partial charge in [0.25, 0.3) is 0 Å². The fraction of sp³-hybridized carbons (Fsp3) is 0.529. The molecule has 1 aromatic heterocycles. The van der Waals surface area contributed by atoms with Gasteiger partial charge in [-0.3, -0.25) is 0 Å². The minimum Gasteiger partial charge on any atom is -0.478 e. The molecule has 1 heterocycles. The number of aromatic nitrogens is 2. The SMILES string of the molecule is CCC(C1CCCCC1)n1cnc2cc(C(=O)O)ccc21. The van der Waals surface area contributed by atoms with Crippen molar-refractivity contribution in [2.75, 3.05) is 0 Å². The third-order valence-corrected chi connectivity index (χ3v) is 4.79. The molecule has 1 N–H and O–H groups in total. The van der Waals surface area contributed by atoms with Gasteiger partial charge in [-0.2, -0.15) is 0 Å². The molecule has 0 bridgehead atoms. The summed E-state index contributed by atoms with van der Waals surface area (Å²) in [5.41, 5.74) is 2.14. The van der Waals surface area contributed by atoms with E-state index in [-0.39, 0.29) is 0 Å². The smallest absolute Gasteiger partial charge is 0.335 e. The predicted molar refractivity (Wildman–Crippen MR) is 82.6 cm³/mol. The summed E-state index contributed by atoms with van der Waals surface area (Å²) >= 11 is 0. The van der Waals surface area contributed by atoms with Crippen molar-refractivity contribution in [3.05, 3.63) is 30.1 Å². The van der Waals surface area contributed by atoms with Crippen molar-refractivity contribution in [3.8, 4) is 0 Å². The molecule has 3 rings (SSSR count). The Morgan fingerprint density at radius 3 is 2.81 bits per heavy atom. The second-order valence-electron chi connectivity index (χ2n) is 6.03. The average Bonchev–Trinajstić information content (AvgIpc) is 2.92. The van der Waals surface area contributed by atoms with E-state index in [1.54, 1.807) is 12.1 Å². The number of benzene rings is 1. The zero-order valence-corrected chi connectivity index (χ0v) is 12.5. The monoisotopic (exact) mass is 286 g/mol. The lowest BCUT2D eigenvalue weighted by atomic mass is 9.83. The number of fused-ring (bicyclic) bond motifs is 1. The Kier molecular flexibility index (Phi) is 3.95. The van der Waals surface area contributed by atoms with E-state index in [9.17, 15) is 4.79 Å². The number of rotatable bonds is 4. The first kappa shape index (κ1) is 14.1. The minimum absolute atomic E-state index is 0.304. The molecule has 112 valence electrons. The van der Waals surface area contributed by atoms with Crippen LogP contribution in [0.2, 0.25) is 0 Å². The van der Waals surface area contributed by atoms with E-state index in [4.69, 9.17) is 5.11 Å². The first-order valence-corrected chi connectivity index (χ1v) is 7.90. The first-order chi connectivity index (χ1) is 10.2. The largest absolute Gasteiger partial charge is 0.478 e. The van der Waals surface area contributed by atoms with Crippen LogP contribution in [0.25, 0.3) is 11.0 Å². The van der Waals surface area contributed by atoms with Gasteiger partial charge in [0.15, 0.2) is 0 Å². The van der Waals surface area contributed by atoms with Crippen LogP contribution in [0, 0.1) is 5.92 Å². The number of hydrogen-bond donors (Lipinski definition) is 1. The molecule has 1 unspecified atom stereocenters. The lowest BCUT2D eigenvalue weighted by Gasteiger charge is -2.31. The van der Waals surface area contributed by atoms with Crippen molar-refractivity contribution in [3.63, 3.8) is 0 Å². The molecule has 1 saturated carbocycles. The van der Waals surface area contributed by atoms with Gasteiger partial charge < -0.3 is 9.67 Å². The number of hydrogen-bond acceptors (Lipinski definition) is 2. The predicted octanol–water partition coefficient (Wildman–Crippen LogP) is 4.27. The number of carboxylic acids is 1. The molecule has 4 nitrogen and oxygen atoms in total. The van der Waals surface area contributed by atoms with Crippen LogP contribution in [0.5, 0.6) is 0 Å². The number of aromatic carboxylic acids is 1. The number of carbonyl (C=O) groups is 1. The van der Waals surface area contributed by atoms with E-state index in [0.717, 1.165) is 23.4 Å². The van der Waals surface area contributed by atoms with E-state index in [2.05, 4.69) is 16.5 Å². The van der Waals surface area contributed by atoms with E-state index in [1.165, 1.54) is 32.1 Å². The molecule has 0 spiro atoms. The molecule has 1 aliphatic rings. The van der Waals surface area contributed by atoms with Crippen molar-refractivity contribution in [1.29, 1.82) is 0 Å². The van der Waals surface area contributed by atoms with Crippen LogP contribution in [0.3, 0.4) is 0 Å². The van der Waals surface area contributed by atoms with Crippen molar-refractivity contribution >= 4 is 17.0 Å². The molecule has 1 fully saturated rings. The average molecular weight is 286 g/mol. The zero-order valence-electron chi connectivity index (χ0n) is 12.5. The lowest BCUT2D eigenvalue weighted by molar-refractivity contribution is 0.0697. The molecule has 1 aliphatic carbocycles. The maximum Gasteiger partial charge on any atom is 0.335 e. The molecule has 0 aliphatic heterocycles. The summed E-state index contributed by atoms with van der Waals surface area (Å²) in [5.74, 6) is -0.175. The maximum atomic E-state index is 11.1. The molecule has 1 aromatic carbocycles. The van der Waals surface area contributed by atoms with Crippen LogP contribution in [0.1, 0.15) is 61.8 Å². The van der Waals surface area contributed by atoms with Gasteiger partial charge in [0.1, 0.15) is 0 Å². The Balaban J connectivity index is 1.96. The van der Waals surface area contributed by atoms with Gasteiger partial charge in [-0.15, -0.1) is 0 Å². The van der Waals surface area contributed by atoms with Gasteiger partial charge in [-0.1, -0.05) is 26.2 Å². The Morgan fingerprint density at radius 1 is 1.38 bits per heavy atom. The highest BCUT2D eigenvalue weighted by molar-refractivity contribution is 5.92. The Morgan fingerprint density at radius 2 is 2.14 bits per heavy atom. The second kappa shape index (κ2) is 5.88. The van der Waals surface area contributed by atoms with Crippen LogP contribution in [-0.4, -0.2) is 20.6 Å². The Bertz CT molecular complexity index is 641. The Hall–Kier alpha value is -1.84. The van der Waals surface area contributed by atoms with E-state index < -0.39 is 5.97 Å². The van der Waals surface area contributed by atoms with Crippen LogP contribution >= 0.6 is 0 Å². The standard InChI is InChI=1S/C17H22N2O2/c1-2-15(12-6-4-3-5-7-12)19-11-18-14-10-13(17(20)21)8-9-16(14)19/h8-12,15H,2-7H2,1H3,(H,20,21). The molecule has 0 amide bonds. The highest BCUT2D eigenvalue weighted by Crippen LogP contribution is 2.36. The third-order valence-electron chi connectivity index (χ3n) is 4.79. The zero-order chi connectivity index (χ0) is 14.8. The molecule has 0 saturated heterocycles. The summed E-state index contributed by atoms with van der Waals surface area (Å²) < 4.78 is 2.26. The summed E-state index contributed by atoms with van der Waals surface area (Å²) in [7, 11) is 0. The topological polar surface area (TPSA) is 55.1 Å². The highest BCUT2D eigenvalue weighted by atomic mass is 16.4. The summed E-state index contributed by atoms with van der Waals surface area (Å²) in [6.07, 6.45) is 9.60. The summed E-state index contributed by atoms with van der Waals surface area (Å²) in [6, 6.07) is 5.72. The minimum atomic E-state index is -0.897. The van der Waals surface area contributed by atoms with Gasteiger partial charge in [0, 0.05) is 6.04 Å². The van der Waals surface area contributed by atoms with Gasteiger partial charge >= 0.3 is 5.97 Å². The summed E-state index contributed by atoms with van der Waals surface area (Å²) in [4.78, 5) is 15.5. The van der Waals surface area contributed by atoms with Crippen LogP contribution in [0.4, 0.5) is 0 Å². The molecule has 1 atom stereocenters. The summed E-state index contributed by atoms with van der Waals surface area (Å²) in [5, 5.41) is 9.08. The molecule has 4 heteroatoms. The lowest BCUT2D eigenvalue weighted by Crippen LogP contribution is -2.20.